The number of carbonyl (C=O) groups excluding carboxylic acids is 1. The van der Waals surface area contributed by atoms with Gasteiger partial charge in [-0.15, -0.1) is 0 Å². The molecular weight excluding hydrogens is 283 g/mol. The Kier molecular flexibility index (Phi) is 3.70. The number of nitrogens with zero attached hydrogens (tertiary/aromatic N) is 1. The molecule has 0 fully saturated rings. The van der Waals surface area contributed by atoms with Gasteiger partial charge in [0.15, 0.2) is 0 Å². The van der Waals surface area contributed by atoms with Crippen LogP contribution in [0.25, 0.3) is 10.9 Å². The smallest absolute Gasteiger partial charge is 0.248 e. The third-order valence-corrected chi connectivity index (χ3v) is 3.26. The molecular formula is C17H13FN2O2. The summed E-state index contributed by atoms with van der Waals surface area (Å²) in [6, 6.07) is 12.9. The lowest BCUT2D eigenvalue weighted by molar-refractivity contribution is 0.1000. The summed E-state index contributed by atoms with van der Waals surface area (Å²) in [6.07, 6.45) is 1.65. The van der Waals surface area contributed by atoms with E-state index in [9.17, 15) is 9.18 Å². The first-order valence-electron chi connectivity index (χ1n) is 6.69. The molecule has 5 heteroatoms. The molecule has 0 bridgehead atoms. The van der Waals surface area contributed by atoms with Crippen LogP contribution in [0.15, 0.2) is 54.7 Å². The number of halogens is 1. The van der Waals surface area contributed by atoms with E-state index < -0.39 is 5.91 Å². The SMILES string of the molecule is NC(=O)c1cccc(OCc2cc(F)cc3cccnc23)c1. The van der Waals surface area contributed by atoms with E-state index in [2.05, 4.69) is 4.98 Å². The molecule has 2 aromatic carbocycles. The second-order valence-corrected chi connectivity index (χ2v) is 4.82. The number of benzene rings is 2. The molecule has 0 radical (unpaired) electrons. The van der Waals surface area contributed by atoms with Crippen LogP contribution in [0, 0.1) is 5.82 Å². The van der Waals surface area contributed by atoms with E-state index >= 15 is 0 Å². The standard InChI is InChI=1S/C17H13FN2O2/c18-14-7-11-4-2-6-20-16(11)13(8-14)10-22-15-5-1-3-12(9-15)17(19)21/h1-9H,10H2,(H2,19,21). The van der Waals surface area contributed by atoms with Crippen molar-refractivity contribution in [1.29, 1.82) is 0 Å². The summed E-state index contributed by atoms with van der Waals surface area (Å²) in [5, 5.41) is 0.715. The molecule has 0 aliphatic carbocycles. The Labute approximate surface area is 126 Å². The van der Waals surface area contributed by atoms with E-state index in [0.29, 0.717) is 27.8 Å². The molecule has 4 nitrogen and oxygen atoms in total. The van der Waals surface area contributed by atoms with Crippen molar-refractivity contribution in [2.75, 3.05) is 0 Å². The summed E-state index contributed by atoms with van der Waals surface area (Å²) in [5.41, 5.74) is 6.92. The number of hydrogen-bond acceptors (Lipinski definition) is 3. The van der Waals surface area contributed by atoms with Crippen molar-refractivity contribution in [1.82, 2.24) is 4.98 Å². The van der Waals surface area contributed by atoms with Crippen LogP contribution in [-0.4, -0.2) is 10.9 Å². The first-order chi connectivity index (χ1) is 10.6. The van der Waals surface area contributed by atoms with Crippen LogP contribution in [0.1, 0.15) is 15.9 Å². The lowest BCUT2D eigenvalue weighted by atomic mass is 10.1. The molecule has 0 unspecified atom stereocenters. The molecule has 2 N–H and O–H groups in total. The Morgan fingerprint density at radius 3 is 2.86 bits per heavy atom. The highest BCUT2D eigenvalue weighted by Gasteiger charge is 2.07. The fraction of sp³-hybridized carbons (Fsp3) is 0.0588. The van der Waals surface area contributed by atoms with E-state index in [-0.39, 0.29) is 12.4 Å². The largest absolute Gasteiger partial charge is 0.489 e. The van der Waals surface area contributed by atoms with Gasteiger partial charge in [0.05, 0.1) is 5.52 Å². The minimum Gasteiger partial charge on any atom is -0.489 e. The van der Waals surface area contributed by atoms with Crippen molar-refractivity contribution in [3.05, 3.63) is 71.7 Å². The third kappa shape index (κ3) is 2.88. The first kappa shape index (κ1) is 14.0. The number of aromatic nitrogens is 1. The van der Waals surface area contributed by atoms with E-state index in [1.165, 1.54) is 12.1 Å². The molecule has 0 aliphatic rings. The summed E-state index contributed by atoms with van der Waals surface area (Å²) < 4.78 is 19.3. The Balaban J connectivity index is 1.88. The van der Waals surface area contributed by atoms with Crippen molar-refractivity contribution in [3.63, 3.8) is 0 Å². The molecule has 1 amide bonds. The van der Waals surface area contributed by atoms with Crippen LogP contribution in [0.3, 0.4) is 0 Å². The van der Waals surface area contributed by atoms with E-state index in [4.69, 9.17) is 10.5 Å². The highest BCUT2D eigenvalue weighted by Crippen LogP contribution is 2.21. The average molecular weight is 296 g/mol. The molecule has 1 aromatic heterocycles. The second kappa shape index (κ2) is 5.81. The number of amides is 1. The van der Waals surface area contributed by atoms with Crippen LogP contribution in [0.4, 0.5) is 4.39 Å². The molecule has 0 spiro atoms. The Hall–Kier alpha value is -2.95. The predicted molar refractivity (Wildman–Crippen MR) is 81.0 cm³/mol. The van der Waals surface area contributed by atoms with Gasteiger partial charge in [0.1, 0.15) is 18.2 Å². The van der Waals surface area contributed by atoms with Gasteiger partial charge in [0.2, 0.25) is 5.91 Å². The highest BCUT2D eigenvalue weighted by atomic mass is 19.1. The zero-order valence-corrected chi connectivity index (χ0v) is 11.6. The Morgan fingerprint density at radius 1 is 1.18 bits per heavy atom. The molecule has 110 valence electrons. The lowest BCUT2D eigenvalue weighted by Crippen LogP contribution is -2.10. The molecule has 1 heterocycles. The van der Waals surface area contributed by atoms with Gasteiger partial charge >= 0.3 is 0 Å². The Bertz CT molecular complexity index is 849. The fourth-order valence-corrected chi connectivity index (χ4v) is 2.24. The summed E-state index contributed by atoms with van der Waals surface area (Å²) >= 11 is 0. The Morgan fingerprint density at radius 2 is 2.05 bits per heavy atom. The number of ether oxygens (including phenoxy) is 1. The van der Waals surface area contributed by atoms with Gasteiger partial charge in [-0.25, -0.2) is 4.39 Å². The normalized spacial score (nSPS) is 10.6. The van der Waals surface area contributed by atoms with Gasteiger partial charge in [-0.3, -0.25) is 9.78 Å². The summed E-state index contributed by atoms with van der Waals surface area (Å²) in [5.74, 6) is -0.377. The number of fused-ring (bicyclic) bond motifs is 1. The topological polar surface area (TPSA) is 65.2 Å². The molecule has 22 heavy (non-hydrogen) atoms. The predicted octanol–water partition coefficient (Wildman–Crippen LogP) is 3.05. The molecule has 0 aliphatic heterocycles. The lowest BCUT2D eigenvalue weighted by Gasteiger charge is -2.09. The van der Waals surface area contributed by atoms with E-state index in [0.717, 1.165) is 0 Å². The number of nitrogens with two attached hydrogens (primary N) is 1. The number of pyridine rings is 1. The summed E-state index contributed by atoms with van der Waals surface area (Å²) in [7, 11) is 0. The quantitative estimate of drug-likeness (QED) is 0.804. The van der Waals surface area contributed by atoms with E-state index in [1.807, 2.05) is 0 Å². The van der Waals surface area contributed by atoms with Crippen molar-refractivity contribution in [2.45, 2.75) is 6.61 Å². The van der Waals surface area contributed by atoms with Crippen LogP contribution >= 0.6 is 0 Å². The van der Waals surface area contributed by atoms with Crippen LogP contribution < -0.4 is 10.5 Å². The van der Waals surface area contributed by atoms with Crippen molar-refractivity contribution in [3.8, 4) is 5.75 Å². The monoisotopic (exact) mass is 296 g/mol. The van der Waals surface area contributed by atoms with Crippen molar-refractivity contribution < 1.29 is 13.9 Å². The molecule has 0 saturated heterocycles. The second-order valence-electron chi connectivity index (χ2n) is 4.82. The van der Waals surface area contributed by atoms with Gasteiger partial charge in [-0.05, 0) is 36.4 Å². The summed E-state index contributed by atoms with van der Waals surface area (Å²) in [4.78, 5) is 15.4. The van der Waals surface area contributed by atoms with Gasteiger partial charge in [0.25, 0.3) is 0 Å². The van der Waals surface area contributed by atoms with Crippen molar-refractivity contribution >= 4 is 16.8 Å². The van der Waals surface area contributed by atoms with Crippen molar-refractivity contribution in [2.24, 2.45) is 5.73 Å². The number of hydrogen-bond donors (Lipinski definition) is 1. The summed E-state index contributed by atoms with van der Waals surface area (Å²) in [6.45, 7) is 0.146. The van der Waals surface area contributed by atoms with E-state index in [1.54, 1.807) is 42.6 Å². The maximum absolute atomic E-state index is 13.6. The minimum absolute atomic E-state index is 0.146. The first-order valence-corrected chi connectivity index (χ1v) is 6.69. The molecule has 3 aromatic rings. The zero-order chi connectivity index (χ0) is 15.5. The van der Waals surface area contributed by atoms with Crippen LogP contribution in [-0.2, 0) is 6.61 Å². The molecule has 3 rings (SSSR count). The van der Waals surface area contributed by atoms with Gasteiger partial charge in [-0.1, -0.05) is 12.1 Å². The van der Waals surface area contributed by atoms with Crippen LogP contribution in [0.2, 0.25) is 0 Å². The van der Waals surface area contributed by atoms with Gasteiger partial charge in [0, 0.05) is 22.7 Å². The minimum atomic E-state index is -0.525. The third-order valence-electron chi connectivity index (χ3n) is 3.26. The fourth-order valence-electron chi connectivity index (χ4n) is 2.24. The molecule has 0 atom stereocenters. The highest BCUT2D eigenvalue weighted by molar-refractivity contribution is 5.93. The number of rotatable bonds is 4. The number of primary amides is 1. The van der Waals surface area contributed by atoms with Gasteiger partial charge in [-0.2, -0.15) is 0 Å². The maximum atomic E-state index is 13.6. The number of carbonyl (C=O) groups is 1. The maximum Gasteiger partial charge on any atom is 0.248 e. The average Bonchev–Trinajstić information content (AvgIpc) is 2.52. The van der Waals surface area contributed by atoms with Crippen LogP contribution in [0.5, 0.6) is 5.75 Å². The zero-order valence-electron chi connectivity index (χ0n) is 11.6. The van der Waals surface area contributed by atoms with Gasteiger partial charge < -0.3 is 10.5 Å². The molecule has 0 saturated carbocycles.